The normalized spacial score (nSPS) is 26.2. The molecule has 0 amide bonds. The van der Waals surface area contributed by atoms with E-state index in [2.05, 4.69) is 36.1 Å². The van der Waals surface area contributed by atoms with Crippen molar-refractivity contribution >= 4 is 18.1 Å². The van der Waals surface area contributed by atoms with Crippen molar-refractivity contribution in [3.8, 4) is 0 Å². The number of piperidine rings is 1. The maximum absolute atomic E-state index is 12.8. The highest BCUT2D eigenvalue weighted by Crippen LogP contribution is 2.61. The predicted octanol–water partition coefficient (Wildman–Crippen LogP) is 10.5. The van der Waals surface area contributed by atoms with Crippen LogP contribution in [-0.2, 0) is 28.5 Å². The third-order valence-corrected chi connectivity index (χ3v) is 12.1. The van der Waals surface area contributed by atoms with Gasteiger partial charge >= 0.3 is 18.1 Å². The summed E-state index contributed by atoms with van der Waals surface area (Å²) in [6.45, 7) is 3.98. The van der Waals surface area contributed by atoms with E-state index in [9.17, 15) is 14.4 Å². The van der Waals surface area contributed by atoms with Crippen LogP contribution in [0.2, 0.25) is 0 Å². The van der Waals surface area contributed by atoms with Gasteiger partial charge in [-0.05, 0) is 139 Å². The van der Waals surface area contributed by atoms with E-state index >= 15 is 0 Å². The first-order valence-corrected chi connectivity index (χ1v) is 21.5. The standard InChI is InChI=1S/C44H73NO7/c1-3-4-5-6-7-8-9-10-11-12-13-14-15-16-17-18-22-41(46)49-33-39(35-51-43(48)52-40-21-20-25-45(2)32-40)34-50-42(47)23-19-24-44-29-36-26-37(30-44)28-38(27-36)31-44/h7-8,10-11,36-40H,3-6,9,12-35H2,1-2H3/b8-7-,11-10-. The zero-order valence-corrected chi connectivity index (χ0v) is 33.0. The van der Waals surface area contributed by atoms with Crippen molar-refractivity contribution in [1.82, 2.24) is 4.90 Å². The molecule has 5 rings (SSSR count). The molecule has 4 aliphatic carbocycles. The number of likely N-dealkylation sites (tertiary alicyclic amines) is 1. The van der Waals surface area contributed by atoms with Gasteiger partial charge in [0.15, 0.2) is 0 Å². The first-order valence-electron chi connectivity index (χ1n) is 21.5. The van der Waals surface area contributed by atoms with Gasteiger partial charge in [0.05, 0.1) is 5.92 Å². The number of ether oxygens (including phenoxy) is 4. The molecule has 4 saturated carbocycles. The molecule has 1 aliphatic heterocycles. The molecule has 8 nitrogen and oxygen atoms in total. The highest BCUT2D eigenvalue weighted by molar-refractivity contribution is 5.69. The zero-order chi connectivity index (χ0) is 36.9. The number of likely N-dealkylation sites (N-methyl/N-ethyl adjacent to an activating group) is 1. The van der Waals surface area contributed by atoms with E-state index in [0.29, 0.717) is 24.8 Å². The van der Waals surface area contributed by atoms with Crippen LogP contribution >= 0.6 is 0 Å². The molecule has 52 heavy (non-hydrogen) atoms. The van der Waals surface area contributed by atoms with E-state index in [1.54, 1.807) is 0 Å². The van der Waals surface area contributed by atoms with Gasteiger partial charge in [-0.15, -0.1) is 0 Å². The quantitative estimate of drug-likeness (QED) is 0.0376. The highest BCUT2D eigenvalue weighted by Gasteiger charge is 2.50. The molecule has 1 saturated heterocycles. The van der Waals surface area contributed by atoms with Crippen molar-refractivity contribution in [2.45, 2.75) is 167 Å². The van der Waals surface area contributed by atoms with Gasteiger partial charge in [0.2, 0.25) is 0 Å². The summed E-state index contributed by atoms with van der Waals surface area (Å²) in [5.41, 5.74) is 0.454. The largest absolute Gasteiger partial charge is 0.508 e. The first kappa shape index (κ1) is 42.4. The topological polar surface area (TPSA) is 91.4 Å². The Morgan fingerprint density at radius 3 is 1.88 bits per heavy atom. The maximum atomic E-state index is 12.8. The molecule has 5 aliphatic rings. The van der Waals surface area contributed by atoms with Crippen molar-refractivity contribution in [2.75, 3.05) is 40.0 Å². The second kappa shape index (κ2) is 24.1. The summed E-state index contributed by atoms with van der Waals surface area (Å²) in [5, 5.41) is 0. The average Bonchev–Trinajstić information content (AvgIpc) is 3.10. The summed E-state index contributed by atoms with van der Waals surface area (Å²) in [5.74, 6) is 1.81. The van der Waals surface area contributed by atoms with E-state index < -0.39 is 12.1 Å². The van der Waals surface area contributed by atoms with Crippen molar-refractivity contribution in [1.29, 1.82) is 0 Å². The van der Waals surface area contributed by atoms with Crippen LogP contribution in [0.5, 0.6) is 0 Å². The van der Waals surface area contributed by atoms with Crippen molar-refractivity contribution in [3.05, 3.63) is 24.3 Å². The highest BCUT2D eigenvalue weighted by atomic mass is 16.7. The molecule has 0 N–H and O–H groups in total. The lowest BCUT2D eigenvalue weighted by atomic mass is 9.48. The van der Waals surface area contributed by atoms with E-state index in [1.165, 1.54) is 83.5 Å². The van der Waals surface area contributed by atoms with Crippen LogP contribution in [0.3, 0.4) is 0 Å². The molecule has 5 fully saturated rings. The molecular formula is C44H73NO7. The number of allylic oxidation sites excluding steroid dienone is 4. The Hall–Kier alpha value is -2.35. The zero-order valence-electron chi connectivity index (χ0n) is 33.0. The van der Waals surface area contributed by atoms with Crippen LogP contribution in [0.4, 0.5) is 4.79 Å². The Morgan fingerprint density at radius 2 is 1.27 bits per heavy atom. The Morgan fingerprint density at radius 1 is 0.712 bits per heavy atom. The van der Waals surface area contributed by atoms with Gasteiger partial charge < -0.3 is 23.8 Å². The van der Waals surface area contributed by atoms with Gasteiger partial charge in [0.1, 0.15) is 25.9 Å². The minimum absolute atomic E-state index is 0.0276. The van der Waals surface area contributed by atoms with E-state index in [0.717, 1.165) is 82.1 Å². The second-order valence-corrected chi connectivity index (χ2v) is 17.0. The van der Waals surface area contributed by atoms with Crippen molar-refractivity contribution in [3.63, 3.8) is 0 Å². The molecule has 296 valence electrons. The molecule has 0 aromatic carbocycles. The van der Waals surface area contributed by atoms with E-state index in [4.69, 9.17) is 18.9 Å². The van der Waals surface area contributed by atoms with Crippen molar-refractivity contribution in [2.24, 2.45) is 29.1 Å². The Kier molecular flexibility index (Phi) is 19.7. The van der Waals surface area contributed by atoms with Crippen molar-refractivity contribution < 1.29 is 33.3 Å². The smallest absolute Gasteiger partial charge is 0.465 e. The Balaban J connectivity index is 1.07. The number of hydrogen-bond acceptors (Lipinski definition) is 8. The molecule has 4 bridgehead atoms. The molecular weight excluding hydrogens is 654 g/mol. The maximum Gasteiger partial charge on any atom is 0.508 e. The minimum atomic E-state index is -0.722. The fourth-order valence-corrected chi connectivity index (χ4v) is 9.74. The number of nitrogens with zero attached hydrogens (tertiary/aromatic N) is 1. The Labute approximate surface area is 316 Å². The number of rotatable bonds is 26. The molecule has 8 heteroatoms. The summed E-state index contributed by atoms with van der Waals surface area (Å²) in [6, 6.07) is 0. The molecule has 0 aromatic rings. The third-order valence-electron chi connectivity index (χ3n) is 12.1. The molecule has 0 aromatic heterocycles. The summed E-state index contributed by atoms with van der Waals surface area (Å²) < 4.78 is 22.2. The fraction of sp³-hybridized carbons (Fsp3) is 0.841. The lowest BCUT2D eigenvalue weighted by Gasteiger charge is -2.57. The van der Waals surface area contributed by atoms with Gasteiger partial charge in [-0.1, -0.05) is 69.8 Å². The minimum Gasteiger partial charge on any atom is -0.465 e. The molecule has 2 atom stereocenters. The molecule has 0 spiro atoms. The van der Waals surface area contributed by atoms with E-state index in [-0.39, 0.29) is 37.9 Å². The SMILES string of the molecule is CCCCC/C=C\C/C=C\CCCCCCCCC(=O)OCC(COC(=O)CCCC12CC3CC(CC(C3)C1)C2)COC(=O)OC1CCCN(C)C1. The number of carbonyl (C=O) groups excluding carboxylic acids is 3. The van der Waals surface area contributed by atoms with Gasteiger partial charge in [-0.25, -0.2) is 4.79 Å². The number of hydrogen-bond donors (Lipinski definition) is 0. The Bertz CT molecular complexity index is 1070. The average molecular weight is 728 g/mol. The summed E-state index contributed by atoms with van der Waals surface area (Å²) in [6.07, 6.45) is 34.9. The summed E-state index contributed by atoms with van der Waals surface area (Å²) >= 11 is 0. The van der Waals surface area contributed by atoms with Gasteiger partial charge in [-0.3, -0.25) is 9.59 Å². The van der Waals surface area contributed by atoms with Crippen LogP contribution < -0.4 is 0 Å². The van der Waals surface area contributed by atoms with Gasteiger partial charge in [-0.2, -0.15) is 0 Å². The predicted molar refractivity (Wildman–Crippen MR) is 207 cm³/mol. The fourth-order valence-electron chi connectivity index (χ4n) is 9.74. The van der Waals surface area contributed by atoms with E-state index in [1.807, 2.05) is 7.05 Å². The monoisotopic (exact) mass is 728 g/mol. The lowest BCUT2D eigenvalue weighted by molar-refractivity contribution is -0.150. The number of unbranched alkanes of at least 4 members (excludes halogenated alkanes) is 9. The second-order valence-electron chi connectivity index (χ2n) is 17.0. The van der Waals surface area contributed by atoms with Crippen LogP contribution in [-0.4, -0.2) is 69.1 Å². The summed E-state index contributed by atoms with van der Waals surface area (Å²) in [4.78, 5) is 40.0. The van der Waals surface area contributed by atoms with Gasteiger partial charge in [0.25, 0.3) is 0 Å². The lowest BCUT2D eigenvalue weighted by Crippen LogP contribution is -2.45. The number of esters is 2. The summed E-state index contributed by atoms with van der Waals surface area (Å²) in [7, 11) is 2.01. The molecule has 1 heterocycles. The van der Waals surface area contributed by atoms with Crippen LogP contribution in [0, 0.1) is 29.1 Å². The van der Waals surface area contributed by atoms with Gasteiger partial charge in [0, 0.05) is 19.4 Å². The van der Waals surface area contributed by atoms with Crippen LogP contribution in [0.15, 0.2) is 24.3 Å². The van der Waals surface area contributed by atoms with Crippen LogP contribution in [0.1, 0.15) is 161 Å². The first-order chi connectivity index (χ1) is 25.3. The molecule has 2 unspecified atom stereocenters. The molecule has 0 radical (unpaired) electrons. The third kappa shape index (κ3) is 16.8. The number of carbonyl (C=O) groups is 3. The van der Waals surface area contributed by atoms with Crippen LogP contribution in [0.25, 0.3) is 0 Å².